The Morgan fingerprint density at radius 3 is 2.86 bits per heavy atom. The molecule has 1 N–H and O–H groups in total. The van der Waals surface area contributed by atoms with Gasteiger partial charge < -0.3 is 15.0 Å². The number of amides is 1. The fraction of sp³-hybridized carbons (Fsp3) is 0.571. The molecule has 0 aromatic carbocycles. The zero-order chi connectivity index (χ0) is 15.2. The lowest BCUT2D eigenvalue weighted by molar-refractivity contribution is -0.147. The number of rotatable bonds is 5. The van der Waals surface area contributed by atoms with Gasteiger partial charge in [0.05, 0.1) is 6.61 Å². The van der Waals surface area contributed by atoms with Gasteiger partial charge >= 0.3 is 5.97 Å². The number of hydrogen-bond donors (Lipinski definition) is 1. The Balaban J connectivity index is 2.00. The van der Waals surface area contributed by atoms with Gasteiger partial charge in [0.15, 0.2) is 0 Å². The first-order valence-electron chi connectivity index (χ1n) is 7.14. The summed E-state index contributed by atoms with van der Waals surface area (Å²) in [5, 5.41) is 2.70. The zero-order valence-electron chi connectivity index (χ0n) is 12.3. The third-order valence-electron chi connectivity index (χ3n) is 3.36. The second-order valence-electron chi connectivity index (χ2n) is 4.88. The molecule has 1 aliphatic heterocycles. The van der Waals surface area contributed by atoms with Crippen molar-refractivity contribution in [3.63, 3.8) is 0 Å². The summed E-state index contributed by atoms with van der Waals surface area (Å²) in [5.74, 6) is -0.0780. The van der Waals surface area contributed by atoms with Crippen LogP contribution >= 0.6 is 0 Å². The number of nitrogens with zero attached hydrogens (tertiary/aromatic N) is 3. The van der Waals surface area contributed by atoms with Gasteiger partial charge in [-0.1, -0.05) is 0 Å². The molecular formula is C14H20N4O3. The number of anilines is 1. The van der Waals surface area contributed by atoms with Crippen molar-refractivity contribution in [1.29, 1.82) is 0 Å². The number of carbonyl (C=O) groups excluding carboxylic acids is 2. The van der Waals surface area contributed by atoms with E-state index < -0.39 is 12.0 Å². The van der Waals surface area contributed by atoms with Crippen LogP contribution in [0.4, 0.5) is 5.95 Å². The zero-order valence-corrected chi connectivity index (χ0v) is 12.3. The van der Waals surface area contributed by atoms with Crippen LogP contribution in [0.25, 0.3) is 0 Å². The van der Waals surface area contributed by atoms with E-state index in [1.54, 1.807) is 32.3 Å². The summed E-state index contributed by atoms with van der Waals surface area (Å²) >= 11 is 0. The maximum atomic E-state index is 12.3. The molecule has 114 valence electrons. The fourth-order valence-electron chi connectivity index (χ4n) is 2.35. The maximum absolute atomic E-state index is 12.3. The van der Waals surface area contributed by atoms with Gasteiger partial charge in [-0.05, 0) is 32.8 Å². The Kier molecular flexibility index (Phi) is 5.08. The van der Waals surface area contributed by atoms with Crippen LogP contribution in [-0.2, 0) is 14.3 Å². The summed E-state index contributed by atoms with van der Waals surface area (Å²) < 4.78 is 4.89. The van der Waals surface area contributed by atoms with Crippen LogP contribution in [0.1, 0.15) is 26.7 Å². The van der Waals surface area contributed by atoms with Crippen LogP contribution in [0, 0.1) is 0 Å². The first kappa shape index (κ1) is 15.2. The van der Waals surface area contributed by atoms with Crippen LogP contribution in [0.3, 0.4) is 0 Å². The first-order chi connectivity index (χ1) is 10.1. The van der Waals surface area contributed by atoms with Crippen LogP contribution in [0.5, 0.6) is 0 Å². The van der Waals surface area contributed by atoms with Crippen molar-refractivity contribution in [2.75, 3.05) is 18.1 Å². The van der Waals surface area contributed by atoms with Gasteiger partial charge in [-0.25, -0.2) is 14.8 Å². The summed E-state index contributed by atoms with van der Waals surface area (Å²) in [5.41, 5.74) is 0. The predicted molar refractivity (Wildman–Crippen MR) is 76.6 cm³/mol. The number of ether oxygens (including phenoxy) is 1. The van der Waals surface area contributed by atoms with Gasteiger partial charge in [-0.3, -0.25) is 4.79 Å². The first-order valence-corrected chi connectivity index (χ1v) is 7.14. The Bertz CT molecular complexity index is 494. The number of esters is 1. The maximum Gasteiger partial charge on any atom is 0.328 e. The molecule has 2 heterocycles. The number of carbonyl (C=O) groups is 2. The van der Waals surface area contributed by atoms with Crippen molar-refractivity contribution < 1.29 is 14.3 Å². The van der Waals surface area contributed by atoms with Gasteiger partial charge in [0.25, 0.3) is 0 Å². The number of aromatic nitrogens is 2. The lowest BCUT2D eigenvalue weighted by Gasteiger charge is -2.24. The van der Waals surface area contributed by atoms with E-state index in [0.717, 1.165) is 19.4 Å². The number of hydrogen-bond acceptors (Lipinski definition) is 6. The quantitative estimate of drug-likeness (QED) is 0.796. The summed E-state index contributed by atoms with van der Waals surface area (Å²) in [6.45, 7) is 4.38. The average molecular weight is 292 g/mol. The second-order valence-corrected chi connectivity index (χ2v) is 4.88. The standard InChI is InChI=1S/C14H20N4O3/c1-3-21-13(20)10(2)17-12(19)11-6-4-9-18(11)14-15-7-5-8-16-14/h5,7-8,10-11H,3-4,6,9H2,1-2H3,(H,17,19). The topological polar surface area (TPSA) is 84.4 Å². The smallest absolute Gasteiger partial charge is 0.328 e. The van der Waals surface area contributed by atoms with Gasteiger partial charge in [-0.2, -0.15) is 0 Å². The Labute approximate surface area is 123 Å². The Morgan fingerprint density at radius 1 is 1.48 bits per heavy atom. The molecule has 1 aromatic rings. The summed E-state index contributed by atoms with van der Waals surface area (Å²) in [6.07, 6.45) is 4.91. The van der Waals surface area contributed by atoms with E-state index in [4.69, 9.17) is 4.74 Å². The van der Waals surface area contributed by atoms with Crippen LogP contribution in [0.15, 0.2) is 18.5 Å². The Morgan fingerprint density at radius 2 is 2.19 bits per heavy atom. The molecule has 1 amide bonds. The van der Waals surface area contributed by atoms with E-state index >= 15 is 0 Å². The minimum atomic E-state index is -0.656. The van der Waals surface area contributed by atoms with Crippen molar-refractivity contribution >= 4 is 17.8 Å². The van der Waals surface area contributed by atoms with E-state index in [-0.39, 0.29) is 11.9 Å². The van der Waals surface area contributed by atoms with E-state index in [2.05, 4.69) is 15.3 Å². The van der Waals surface area contributed by atoms with E-state index in [1.165, 1.54) is 0 Å². The van der Waals surface area contributed by atoms with Gasteiger partial charge in [0.1, 0.15) is 12.1 Å². The SMILES string of the molecule is CCOC(=O)C(C)NC(=O)C1CCCN1c1ncccn1. The molecule has 7 heteroatoms. The van der Waals surface area contributed by atoms with Crippen molar-refractivity contribution in [2.24, 2.45) is 0 Å². The molecule has 7 nitrogen and oxygen atoms in total. The van der Waals surface area contributed by atoms with Crippen molar-refractivity contribution in [1.82, 2.24) is 15.3 Å². The van der Waals surface area contributed by atoms with E-state index in [9.17, 15) is 9.59 Å². The molecular weight excluding hydrogens is 272 g/mol. The molecule has 2 atom stereocenters. The molecule has 1 aliphatic rings. The molecule has 0 bridgehead atoms. The molecule has 0 aliphatic carbocycles. The third-order valence-corrected chi connectivity index (χ3v) is 3.36. The van der Waals surface area contributed by atoms with E-state index in [0.29, 0.717) is 12.6 Å². The fourth-order valence-corrected chi connectivity index (χ4v) is 2.35. The molecule has 2 rings (SSSR count). The largest absolute Gasteiger partial charge is 0.464 e. The number of nitrogens with one attached hydrogen (secondary N) is 1. The van der Waals surface area contributed by atoms with Crippen molar-refractivity contribution in [3.8, 4) is 0 Å². The highest BCUT2D eigenvalue weighted by Gasteiger charge is 2.33. The normalized spacial score (nSPS) is 19.1. The van der Waals surface area contributed by atoms with Gasteiger partial charge in [0, 0.05) is 18.9 Å². The minimum Gasteiger partial charge on any atom is -0.464 e. The summed E-state index contributed by atoms with van der Waals surface area (Å²) in [4.78, 5) is 34.1. The highest BCUT2D eigenvalue weighted by atomic mass is 16.5. The molecule has 0 spiro atoms. The monoisotopic (exact) mass is 292 g/mol. The molecule has 21 heavy (non-hydrogen) atoms. The lowest BCUT2D eigenvalue weighted by Crippen LogP contribution is -2.49. The molecule has 2 unspecified atom stereocenters. The van der Waals surface area contributed by atoms with Crippen LogP contribution < -0.4 is 10.2 Å². The average Bonchev–Trinajstić information content (AvgIpc) is 2.98. The molecule has 0 radical (unpaired) electrons. The predicted octanol–water partition coefficient (Wildman–Crippen LogP) is 0.513. The van der Waals surface area contributed by atoms with Crippen molar-refractivity contribution in [2.45, 2.75) is 38.8 Å². The summed E-state index contributed by atoms with van der Waals surface area (Å²) in [7, 11) is 0. The van der Waals surface area contributed by atoms with Crippen LogP contribution in [0.2, 0.25) is 0 Å². The second kappa shape index (κ2) is 7.01. The van der Waals surface area contributed by atoms with Gasteiger partial charge in [-0.15, -0.1) is 0 Å². The molecule has 1 saturated heterocycles. The highest BCUT2D eigenvalue weighted by Crippen LogP contribution is 2.21. The Hall–Kier alpha value is -2.18. The van der Waals surface area contributed by atoms with E-state index in [1.807, 2.05) is 4.90 Å². The summed E-state index contributed by atoms with van der Waals surface area (Å²) in [6, 6.07) is 0.734. The molecule has 1 fully saturated rings. The molecule has 0 saturated carbocycles. The minimum absolute atomic E-state index is 0.194. The lowest BCUT2D eigenvalue weighted by atomic mass is 10.2. The van der Waals surface area contributed by atoms with Crippen LogP contribution in [-0.4, -0.2) is 47.1 Å². The van der Waals surface area contributed by atoms with Crippen molar-refractivity contribution in [3.05, 3.63) is 18.5 Å². The highest BCUT2D eigenvalue weighted by molar-refractivity contribution is 5.89. The van der Waals surface area contributed by atoms with Gasteiger partial charge in [0.2, 0.25) is 11.9 Å². The third kappa shape index (κ3) is 3.68. The molecule has 1 aromatic heterocycles.